The van der Waals surface area contributed by atoms with E-state index in [1.807, 2.05) is 18.2 Å². The van der Waals surface area contributed by atoms with Gasteiger partial charge >= 0.3 is 0 Å². The first kappa shape index (κ1) is 14.3. The summed E-state index contributed by atoms with van der Waals surface area (Å²) in [5, 5.41) is -0.0612. The minimum absolute atomic E-state index is 0.0612. The van der Waals surface area contributed by atoms with Crippen LogP contribution in [0, 0.1) is 0 Å². The van der Waals surface area contributed by atoms with E-state index in [0.29, 0.717) is 11.1 Å². The highest BCUT2D eigenvalue weighted by molar-refractivity contribution is 6.49. The molecule has 1 aromatic rings. The van der Waals surface area contributed by atoms with Crippen molar-refractivity contribution in [3.63, 3.8) is 0 Å². The first-order valence-corrected chi connectivity index (χ1v) is 6.78. The molecule has 2 nitrogen and oxygen atoms in total. The maximum atomic E-state index is 12.2. The highest BCUT2D eigenvalue weighted by Gasteiger charge is 2.22. The molecule has 1 aliphatic rings. The van der Waals surface area contributed by atoms with Crippen molar-refractivity contribution in [1.29, 1.82) is 0 Å². The smallest absolute Gasteiger partial charge is 0.233 e. The lowest BCUT2D eigenvalue weighted by Crippen LogP contribution is -2.15. The van der Waals surface area contributed by atoms with E-state index < -0.39 is 11.6 Å². The minimum Gasteiger partial charge on any atom is -0.285 e. The van der Waals surface area contributed by atoms with Crippen LogP contribution in [-0.4, -0.2) is 18.8 Å². The van der Waals surface area contributed by atoms with Gasteiger partial charge in [-0.3, -0.25) is 9.59 Å². The Hall–Kier alpha value is -2.16. The van der Waals surface area contributed by atoms with Gasteiger partial charge in [-0.25, -0.2) is 0 Å². The van der Waals surface area contributed by atoms with E-state index in [1.54, 1.807) is 36.4 Å². The molecule has 1 aromatic carbocycles. The van der Waals surface area contributed by atoms with Crippen LogP contribution in [0.1, 0.15) is 17.3 Å². The molecule has 0 aromatic heterocycles. The maximum absolute atomic E-state index is 12.2. The average molecular weight is 264 g/mol. The van der Waals surface area contributed by atoms with Crippen molar-refractivity contribution in [3.8, 4) is 0 Å². The molecule has 0 bridgehead atoms. The van der Waals surface area contributed by atoms with E-state index in [-0.39, 0.29) is 5.31 Å². The number of ketones is 2. The molecule has 0 heterocycles. The highest BCUT2D eigenvalue weighted by atomic mass is 16.2. The second-order valence-corrected chi connectivity index (χ2v) is 5.20. The van der Waals surface area contributed by atoms with Crippen LogP contribution >= 0.6 is 0 Å². The van der Waals surface area contributed by atoms with Gasteiger partial charge in [-0.05, 0) is 5.31 Å². The van der Waals surface area contributed by atoms with Crippen LogP contribution in [0.15, 0.2) is 66.3 Å². The second-order valence-electron chi connectivity index (χ2n) is 5.20. The number of allylic oxidation sites excluding steroid dienone is 6. The first-order valence-electron chi connectivity index (χ1n) is 6.78. The van der Waals surface area contributed by atoms with Crippen LogP contribution in [0.5, 0.6) is 0 Å². The third-order valence-electron chi connectivity index (χ3n) is 3.66. The zero-order chi connectivity index (χ0) is 14.6. The standard InChI is InChI=1S/C17H17BO2/c1-17(18-2)11-6-9-14(10-12-17)16(20)15(19)13-7-4-3-5-8-13/h3-12,18H,1-2H3. The molecular weight excluding hydrogens is 247 g/mol. The predicted molar refractivity (Wildman–Crippen MR) is 83.5 cm³/mol. The Kier molecular flexibility index (Phi) is 4.18. The van der Waals surface area contributed by atoms with E-state index in [1.165, 1.54) is 0 Å². The molecule has 0 N–H and O–H groups in total. The largest absolute Gasteiger partial charge is 0.285 e. The van der Waals surface area contributed by atoms with Crippen LogP contribution in [-0.2, 0) is 4.79 Å². The molecule has 1 aliphatic carbocycles. The van der Waals surface area contributed by atoms with Crippen molar-refractivity contribution in [1.82, 2.24) is 0 Å². The third-order valence-corrected chi connectivity index (χ3v) is 3.66. The molecule has 0 aliphatic heterocycles. The van der Waals surface area contributed by atoms with Crippen molar-refractivity contribution in [2.24, 2.45) is 0 Å². The summed E-state index contributed by atoms with van der Waals surface area (Å²) >= 11 is 0. The van der Waals surface area contributed by atoms with E-state index in [4.69, 9.17) is 0 Å². The monoisotopic (exact) mass is 264 g/mol. The summed E-state index contributed by atoms with van der Waals surface area (Å²) in [5.74, 6) is -0.924. The van der Waals surface area contributed by atoms with Crippen molar-refractivity contribution in [2.75, 3.05) is 0 Å². The Bertz CT molecular complexity index is 611. The van der Waals surface area contributed by atoms with Gasteiger partial charge in [-0.15, -0.1) is 0 Å². The molecule has 0 saturated heterocycles. The Labute approximate surface area is 120 Å². The van der Waals surface area contributed by atoms with Crippen molar-refractivity contribution in [3.05, 3.63) is 71.8 Å². The van der Waals surface area contributed by atoms with E-state index in [0.717, 1.165) is 7.28 Å². The van der Waals surface area contributed by atoms with Gasteiger partial charge in [-0.1, -0.05) is 74.5 Å². The Balaban J connectivity index is 2.23. The molecule has 20 heavy (non-hydrogen) atoms. The van der Waals surface area contributed by atoms with Gasteiger partial charge in [-0.2, -0.15) is 0 Å². The summed E-state index contributed by atoms with van der Waals surface area (Å²) in [6.07, 6.45) is 9.36. The van der Waals surface area contributed by atoms with E-state index >= 15 is 0 Å². The number of carbonyl (C=O) groups excluding carboxylic acids is 2. The summed E-state index contributed by atoms with van der Waals surface area (Å²) < 4.78 is 0. The Morgan fingerprint density at radius 3 is 2.40 bits per heavy atom. The van der Waals surface area contributed by atoms with Crippen molar-refractivity contribution >= 4 is 18.8 Å². The molecule has 0 saturated carbocycles. The van der Waals surface area contributed by atoms with Crippen LogP contribution < -0.4 is 0 Å². The van der Waals surface area contributed by atoms with Crippen LogP contribution in [0.4, 0.5) is 0 Å². The van der Waals surface area contributed by atoms with Gasteiger partial charge in [0.15, 0.2) is 0 Å². The zero-order valence-electron chi connectivity index (χ0n) is 11.8. The number of carbonyl (C=O) groups is 2. The molecule has 0 spiro atoms. The molecule has 100 valence electrons. The fourth-order valence-electron chi connectivity index (χ4n) is 2.00. The summed E-state index contributed by atoms with van der Waals surface area (Å²) in [6, 6.07) is 8.65. The molecule has 1 unspecified atom stereocenters. The summed E-state index contributed by atoms with van der Waals surface area (Å²) in [5.41, 5.74) is 0.866. The summed E-state index contributed by atoms with van der Waals surface area (Å²) in [6.45, 7) is 4.19. The van der Waals surface area contributed by atoms with Gasteiger partial charge in [0.05, 0.1) is 0 Å². The van der Waals surface area contributed by atoms with E-state index in [9.17, 15) is 9.59 Å². The highest BCUT2D eigenvalue weighted by Crippen LogP contribution is 2.30. The van der Waals surface area contributed by atoms with Gasteiger partial charge in [0, 0.05) is 11.1 Å². The molecule has 2 rings (SSSR count). The molecule has 0 radical (unpaired) electrons. The van der Waals surface area contributed by atoms with Gasteiger partial charge < -0.3 is 0 Å². The molecule has 3 heteroatoms. The topological polar surface area (TPSA) is 34.1 Å². The van der Waals surface area contributed by atoms with Crippen LogP contribution in [0.25, 0.3) is 0 Å². The molecular formula is C17H17BO2. The SMILES string of the molecule is CBC1(C)C=CC=C(C(=O)C(=O)c2ccccc2)C=C1. The van der Waals surface area contributed by atoms with Gasteiger partial charge in [0.2, 0.25) is 11.6 Å². The predicted octanol–water partition coefficient (Wildman–Crippen LogP) is 3.15. The average Bonchev–Trinajstić information content (AvgIpc) is 2.69. The lowest BCUT2D eigenvalue weighted by atomic mass is 9.55. The number of rotatable bonds is 4. The Morgan fingerprint density at radius 1 is 1.05 bits per heavy atom. The number of hydrogen-bond donors (Lipinski definition) is 0. The number of benzene rings is 1. The molecule has 1 atom stereocenters. The van der Waals surface area contributed by atoms with Gasteiger partial charge in [0.1, 0.15) is 7.28 Å². The van der Waals surface area contributed by atoms with Crippen LogP contribution in [0.3, 0.4) is 0 Å². The van der Waals surface area contributed by atoms with Crippen molar-refractivity contribution in [2.45, 2.75) is 19.1 Å². The third kappa shape index (κ3) is 3.05. The fourth-order valence-corrected chi connectivity index (χ4v) is 2.00. The normalized spacial score (nSPS) is 21.0. The van der Waals surface area contributed by atoms with Crippen molar-refractivity contribution < 1.29 is 9.59 Å². The van der Waals surface area contributed by atoms with Crippen LogP contribution in [0.2, 0.25) is 12.1 Å². The number of Topliss-reactive ketones (excluding diaryl/α,β-unsaturated/α-hetero) is 2. The lowest BCUT2D eigenvalue weighted by molar-refractivity contribution is -0.111. The summed E-state index contributed by atoms with van der Waals surface area (Å²) in [4.78, 5) is 24.4. The fraction of sp³-hybridized carbons (Fsp3) is 0.176. The second kappa shape index (κ2) is 5.87. The summed E-state index contributed by atoms with van der Waals surface area (Å²) in [7, 11) is 0.946. The first-order chi connectivity index (χ1) is 9.56. The maximum Gasteiger partial charge on any atom is 0.233 e. The van der Waals surface area contributed by atoms with Gasteiger partial charge in [0.25, 0.3) is 0 Å². The quantitative estimate of drug-likeness (QED) is 0.475. The number of hydrogen-bond acceptors (Lipinski definition) is 2. The molecule has 0 amide bonds. The van der Waals surface area contributed by atoms with E-state index in [2.05, 4.69) is 19.8 Å². The lowest BCUT2D eigenvalue weighted by Gasteiger charge is -2.17. The molecule has 0 fully saturated rings. The minimum atomic E-state index is -0.463. The Morgan fingerprint density at radius 2 is 1.75 bits per heavy atom. The zero-order valence-corrected chi connectivity index (χ0v) is 11.8.